The highest BCUT2D eigenvalue weighted by Gasteiger charge is 2.26. The van der Waals surface area contributed by atoms with Gasteiger partial charge < -0.3 is 9.64 Å². The van der Waals surface area contributed by atoms with Gasteiger partial charge in [-0.2, -0.15) is 0 Å². The molecule has 0 amide bonds. The zero-order valence-electron chi connectivity index (χ0n) is 19.1. The summed E-state index contributed by atoms with van der Waals surface area (Å²) in [7, 11) is -3.21. The van der Waals surface area contributed by atoms with Crippen LogP contribution >= 0.6 is 11.3 Å². The van der Waals surface area contributed by atoms with Gasteiger partial charge in [-0.1, -0.05) is 42.9 Å². The summed E-state index contributed by atoms with van der Waals surface area (Å²) < 4.78 is 30.7. The van der Waals surface area contributed by atoms with Gasteiger partial charge in [0.2, 0.25) is 5.95 Å². The molecule has 7 nitrogen and oxygen atoms in total. The third-order valence-electron chi connectivity index (χ3n) is 5.91. The second kappa shape index (κ2) is 9.31. The number of ether oxygens (including phenoxy) is 1. The highest BCUT2D eigenvalue weighted by Crippen LogP contribution is 2.33. The highest BCUT2D eigenvalue weighted by molar-refractivity contribution is 7.90. The average molecular weight is 495 g/mol. The number of thiazole rings is 1. The molecule has 0 spiro atoms. The van der Waals surface area contributed by atoms with E-state index >= 15 is 0 Å². The quantitative estimate of drug-likeness (QED) is 0.366. The first-order valence-corrected chi connectivity index (χ1v) is 14.0. The van der Waals surface area contributed by atoms with Crippen LogP contribution in [-0.2, 0) is 16.3 Å². The number of hydrogen-bond donors (Lipinski definition) is 0. The van der Waals surface area contributed by atoms with E-state index in [1.165, 1.54) is 23.2 Å². The summed E-state index contributed by atoms with van der Waals surface area (Å²) in [5, 5.41) is 0.658. The van der Waals surface area contributed by atoms with E-state index in [0.717, 1.165) is 59.6 Å². The monoisotopic (exact) mass is 494 g/mol. The maximum absolute atomic E-state index is 11.7. The lowest BCUT2D eigenvalue weighted by atomic mass is 10.1. The van der Waals surface area contributed by atoms with Crippen LogP contribution in [-0.4, -0.2) is 48.8 Å². The molecule has 176 valence electrons. The van der Waals surface area contributed by atoms with Gasteiger partial charge in [0.1, 0.15) is 6.10 Å². The maximum Gasteiger partial charge on any atom is 0.274 e. The Labute approximate surface area is 203 Å². The summed E-state index contributed by atoms with van der Waals surface area (Å²) in [5.74, 6) is 0.752. The summed E-state index contributed by atoms with van der Waals surface area (Å²) in [6.45, 7) is 3.74. The first-order valence-electron chi connectivity index (χ1n) is 11.3. The fourth-order valence-electron chi connectivity index (χ4n) is 4.11. The molecular weight excluding hydrogens is 468 g/mol. The molecule has 2 aromatic carbocycles. The highest BCUT2D eigenvalue weighted by atomic mass is 32.2. The number of sulfone groups is 1. The van der Waals surface area contributed by atoms with E-state index < -0.39 is 9.84 Å². The molecule has 1 aliphatic rings. The SMILES string of the molecule is CCCc1cnc(N2CC[C@H](Oc3nc4ccc(-c5ccc(S(C)(=O)=O)cc5)cc4s3)C2)nc1. The van der Waals surface area contributed by atoms with Gasteiger partial charge in [0, 0.05) is 31.6 Å². The molecule has 1 aliphatic heterocycles. The van der Waals surface area contributed by atoms with Crippen molar-refractivity contribution in [3.05, 3.63) is 60.4 Å². The van der Waals surface area contributed by atoms with Crippen molar-refractivity contribution in [1.82, 2.24) is 15.0 Å². The molecule has 1 saturated heterocycles. The van der Waals surface area contributed by atoms with Crippen molar-refractivity contribution < 1.29 is 13.2 Å². The normalized spacial score (nSPS) is 16.3. The molecule has 1 fully saturated rings. The Morgan fingerprint density at radius 3 is 2.53 bits per heavy atom. The van der Waals surface area contributed by atoms with E-state index in [4.69, 9.17) is 4.74 Å². The first-order chi connectivity index (χ1) is 16.4. The van der Waals surface area contributed by atoms with Gasteiger partial charge in [-0.05, 0) is 47.4 Å². The van der Waals surface area contributed by atoms with E-state index in [0.29, 0.717) is 10.1 Å². The fraction of sp³-hybridized carbons (Fsp3) is 0.320. The predicted octanol–water partition coefficient (Wildman–Crippen LogP) is 4.77. The zero-order valence-corrected chi connectivity index (χ0v) is 20.8. The molecule has 3 heterocycles. The van der Waals surface area contributed by atoms with Crippen molar-refractivity contribution in [1.29, 1.82) is 0 Å². The van der Waals surface area contributed by atoms with E-state index in [2.05, 4.69) is 32.8 Å². The molecule has 4 aromatic rings. The van der Waals surface area contributed by atoms with Gasteiger partial charge in [-0.15, -0.1) is 0 Å². The second-order valence-electron chi connectivity index (χ2n) is 8.57. The van der Waals surface area contributed by atoms with E-state index in [1.807, 2.05) is 36.7 Å². The molecule has 2 aromatic heterocycles. The summed E-state index contributed by atoms with van der Waals surface area (Å²) >= 11 is 1.53. The summed E-state index contributed by atoms with van der Waals surface area (Å²) in [4.78, 5) is 16.2. The molecule has 34 heavy (non-hydrogen) atoms. The Morgan fingerprint density at radius 2 is 1.82 bits per heavy atom. The molecular formula is C25H26N4O3S2. The van der Waals surface area contributed by atoms with Crippen molar-refractivity contribution >= 4 is 37.3 Å². The third-order valence-corrected chi connectivity index (χ3v) is 7.95. The lowest BCUT2D eigenvalue weighted by Crippen LogP contribution is -2.26. The second-order valence-corrected chi connectivity index (χ2v) is 11.6. The number of aromatic nitrogens is 3. The van der Waals surface area contributed by atoms with Crippen molar-refractivity contribution in [3.8, 4) is 16.3 Å². The van der Waals surface area contributed by atoms with Gasteiger partial charge in [0.25, 0.3) is 5.19 Å². The minimum atomic E-state index is -3.21. The van der Waals surface area contributed by atoms with Crippen LogP contribution in [0.5, 0.6) is 5.19 Å². The summed E-state index contributed by atoms with van der Waals surface area (Å²) in [6.07, 6.45) is 8.07. The maximum atomic E-state index is 11.7. The van der Waals surface area contributed by atoms with Crippen LogP contribution in [0.2, 0.25) is 0 Å². The molecule has 9 heteroatoms. The minimum Gasteiger partial charge on any atom is -0.465 e. The van der Waals surface area contributed by atoms with Crippen LogP contribution in [0.25, 0.3) is 21.3 Å². The van der Waals surface area contributed by atoms with Crippen LogP contribution in [0.4, 0.5) is 5.95 Å². The average Bonchev–Trinajstić information content (AvgIpc) is 3.45. The Balaban J connectivity index is 1.27. The smallest absolute Gasteiger partial charge is 0.274 e. The molecule has 0 N–H and O–H groups in total. The molecule has 0 saturated carbocycles. The molecule has 0 unspecified atom stereocenters. The van der Waals surface area contributed by atoms with Gasteiger partial charge in [0.15, 0.2) is 9.84 Å². The van der Waals surface area contributed by atoms with E-state index in [9.17, 15) is 8.42 Å². The van der Waals surface area contributed by atoms with Crippen LogP contribution in [0.15, 0.2) is 59.8 Å². The lowest BCUT2D eigenvalue weighted by molar-refractivity contribution is 0.224. The van der Waals surface area contributed by atoms with Crippen molar-refractivity contribution in [3.63, 3.8) is 0 Å². The Hall–Kier alpha value is -3.04. The Kier molecular flexibility index (Phi) is 6.22. The lowest BCUT2D eigenvalue weighted by Gasteiger charge is -2.16. The van der Waals surface area contributed by atoms with Crippen molar-refractivity contribution in [2.75, 3.05) is 24.2 Å². The van der Waals surface area contributed by atoms with Crippen molar-refractivity contribution in [2.45, 2.75) is 37.2 Å². The van der Waals surface area contributed by atoms with Crippen LogP contribution < -0.4 is 9.64 Å². The van der Waals surface area contributed by atoms with Gasteiger partial charge in [-0.3, -0.25) is 0 Å². The predicted molar refractivity (Wildman–Crippen MR) is 135 cm³/mol. The van der Waals surface area contributed by atoms with Crippen LogP contribution in [0.1, 0.15) is 25.3 Å². The first kappa shape index (κ1) is 22.7. The molecule has 1 atom stereocenters. The zero-order chi connectivity index (χ0) is 23.7. The number of nitrogens with zero attached hydrogens (tertiary/aromatic N) is 4. The topological polar surface area (TPSA) is 85.3 Å². The van der Waals surface area contributed by atoms with Crippen molar-refractivity contribution in [2.24, 2.45) is 0 Å². The van der Waals surface area contributed by atoms with Gasteiger partial charge in [0.05, 0.1) is 21.7 Å². The standard InChI is InChI=1S/C25H26N4O3S2/c1-3-4-17-14-26-24(27-15-17)29-12-11-20(16-29)32-25-28-22-10-7-19(13-23(22)33-25)18-5-8-21(9-6-18)34(2,30)31/h5-10,13-15,20H,3-4,11-12,16H2,1-2H3/t20-/m0/s1. The van der Waals surface area contributed by atoms with E-state index in [1.54, 1.807) is 12.1 Å². The summed E-state index contributed by atoms with van der Waals surface area (Å²) in [6, 6.07) is 13.0. The Morgan fingerprint density at radius 1 is 1.09 bits per heavy atom. The number of rotatable bonds is 7. The Bertz CT molecular complexity index is 1400. The summed E-state index contributed by atoms with van der Waals surface area (Å²) in [5.41, 5.74) is 4.03. The molecule has 5 rings (SSSR count). The number of aryl methyl sites for hydroxylation is 1. The largest absolute Gasteiger partial charge is 0.465 e. The fourth-order valence-corrected chi connectivity index (χ4v) is 5.66. The number of fused-ring (bicyclic) bond motifs is 1. The number of anilines is 1. The number of benzene rings is 2. The molecule has 0 aliphatic carbocycles. The molecule has 0 radical (unpaired) electrons. The third kappa shape index (κ3) is 4.90. The molecule has 0 bridgehead atoms. The van der Waals surface area contributed by atoms with Crippen LogP contribution in [0, 0.1) is 0 Å². The minimum absolute atomic E-state index is 0.0440. The van der Waals surface area contributed by atoms with E-state index in [-0.39, 0.29) is 6.10 Å². The van der Waals surface area contributed by atoms with Crippen LogP contribution in [0.3, 0.4) is 0 Å². The number of hydrogen-bond acceptors (Lipinski definition) is 8. The van der Waals surface area contributed by atoms with Gasteiger partial charge in [-0.25, -0.2) is 23.4 Å². The van der Waals surface area contributed by atoms with Gasteiger partial charge >= 0.3 is 0 Å².